The smallest absolute Gasteiger partial charge is 0.341 e. The van der Waals surface area contributed by atoms with Crippen molar-refractivity contribution in [3.05, 3.63) is 65.6 Å². The summed E-state index contributed by atoms with van der Waals surface area (Å²) in [7, 11) is 0. The first-order valence-corrected chi connectivity index (χ1v) is 7.79. The summed E-state index contributed by atoms with van der Waals surface area (Å²) in [5.74, 6) is -0.851. The Bertz CT molecular complexity index is 845. The maximum Gasteiger partial charge on any atom is 0.341 e. The number of halogens is 1. The van der Waals surface area contributed by atoms with Gasteiger partial charge in [-0.15, -0.1) is 0 Å². The molecular weight excluding hydrogens is 327 g/mol. The van der Waals surface area contributed by atoms with E-state index in [0.29, 0.717) is 30.0 Å². The molecule has 25 heavy (non-hydrogen) atoms. The largest absolute Gasteiger partial charge is 0.462 e. The molecule has 0 aliphatic rings. The van der Waals surface area contributed by atoms with Gasteiger partial charge in [-0.1, -0.05) is 11.2 Å². The van der Waals surface area contributed by atoms with Gasteiger partial charge in [-0.2, -0.15) is 5.10 Å². The summed E-state index contributed by atoms with van der Waals surface area (Å²) in [5, 5.41) is 11.2. The average Bonchev–Trinajstić information content (AvgIpc) is 3.25. The molecule has 0 radical (unpaired) electrons. The van der Waals surface area contributed by atoms with E-state index in [1.54, 1.807) is 25.1 Å². The lowest BCUT2D eigenvalue weighted by molar-refractivity contribution is 0.0525. The lowest BCUT2D eigenvalue weighted by Gasteiger charge is -2.10. The van der Waals surface area contributed by atoms with E-state index in [4.69, 9.17) is 9.26 Å². The van der Waals surface area contributed by atoms with Crippen LogP contribution >= 0.6 is 0 Å². The van der Waals surface area contributed by atoms with Crippen LogP contribution in [0.1, 0.15) is 28.7 Å². The second-order valence-corrected chi connectivity index (χ2v) is 5.21. The van der Waals surface area contributed by atoms with Crippen molar-refractivity contribution in [3.8, 4) is 5.69 Å². The Balaban J connectivity index is 1.87. The van der Waals surface area contributed by atoms with Crippen LogP contribution in [0, 0.1) is 5.82 Å². The van der Waals surface area contributed by atoms with Crippen molar-refractivity contribution in [2.45, 2.75) is 20.0 Å². The summed E-state index contributed by atoms with van der Waals surface area (Å²) in [6, 6.07) is 7.74. The number of hydrogen-bond donors (Lipinski definition) is 1. The molecule has 0 saturated heterocycles. The summed E-state index contributed by atoms with van der Waals surface area (Å²) in [4.78, 5) is 12.2. The third-order valence-corrected chi connectivity index (χ3v) is 3.51. The molecule has 1 aromatic carbocycles. The summed E-state index contributed by atoms with van der Waals surface area (Å²) < 4.78 is 24.9. The molecule has 7 nitrogen and oxygen atoms in total. The van der Waals surface area contributed by atoms with Crippen molar-refractivity contribution in [2.75, 3.05) is 6.61 Å². The molecular formula is C17H17FN4O3. The van der Waals surface area contributed by atoms with Crippen molar-refractivity contribution in [1.82, 2.24) is 20.3 Å². The van der Waals surface area contributed by atoms with E-state index in [0.717, 1.165) is 5.69 Å². The minimum absolute atomic E-state index is 0.260. The highest BCUT2D eigenvalue weighted by atomic mass is 19.1. The van der Waals surface area contributed by atoms with E-state index in [1.165, 1.54) is 29.3 Å². The van der Waals surface area contributed by atoms with Gasteiger partial charge in [0.05, 0.1) is 29.9 Å². The molecule has 2 aromatic heterocycles. The molecule has 2 heterocycles. The second kappa shape index (κ2) is 7.71. The molecule has 0 unspecified atom stereocenters. The Hall–Kier alpha value is -3.00. The van der Waals surface area contributed by atoms with Gasteiger partial charge in [0.25, 0.3) is 0 Å². The van der Waals surface area contributed by atoms with Crippen LogP contribution in [0.4, 0.5) is 4.39 Å². The third kappa shape index (κ3) is 3.92. The highest BCUT2D eigenvalue weighted by molar-refractivity contribution is 5.90. The van der Waals surface area contributed by atoms with Crippen molar-refractivity contribution >= 4 is 5.97 Å². The molecule has 0 atom stereocenters. The van der Waals surface area contributed by atoms with Gasteiger partial charge in [0.15, 0.2) is 0 Å². The van der Waals surface area contributed by atoms with Crippen LogP contribution in [-0.4, -0.2) is 27.5 Å². The van der Waals surface area contributed by atoms with Crippen LogP contribution in [0.5, 0.6) is 0 Å². The zero-order chi connectivity index (χ0) is 17.6. The molecule has 0 aliphatic carbocycles. The fraction of sp³-hybridized carbons (Fsp3) is 0.235. The maximum absolute atomic E-state index is 13.5. The molecule has 0 fully saturated rings. The fourth-order valence-electron chi connectivity index (χ4n) is 2.39. The monoisotopic (exact) mass is 344 g/mol. The van der Waals surface area contributed by atoms with Crippen LogP contribution in [-0.2, 0) is 17.8 Å². The van der Waals surface area contributed by atoms with E-state index in [9.17, 15) is 9.18 Å². The highest BCUT2D eigenvalue weighted by Crippen LogP contribution is 2.17. The minimum atomic E-state index is -0.469. The highest BCUT2D eigenvalue weighted by Gasteiger charge is 2.19. The SMILES string of the molecule is CCOC(=O)c1cnn(-c2cccc(F)c2)c1CNCc1ccon1. The van der Waals surface area contributed by atoms with Gasteiger partial charge in [0.2, 0.25) is 0 Å². The van der Waals surface area contributed by atoms with Gasteiger partial charge in [0.1, 0.15) is 17.6 Å². The Morgan fingerprint density at radius 3 is 2.96 bits per heavy atom. The van der Waals surface area contributed by atoms with Crippen molar-refractivity contribution in [2.24, 2.45) is 0 Å². The summed E-state index contributed by atoms with van der Waals surface area (Å²) in [6.45, 7) is 2.76. The maximum atomic E-state index is 13.5. The van der Waals surface area contributed by atoms with Crippen molar-refractivity contribution in [1.29, 1.82) is 0 Å². The lowest BCUT2D eigenvalue weighted by atomic mass is 10.2. The first kappa shape index (κ1) is 16.8. The van der Waals surface area contributed by atoms with Crippen LogP contribution in [0.3, 0.4) is 0 Å². The molecule has 8 heteroatoms. The van der Waals surface area contributed by atoms with Crippen LogP contribution < -0.4 is 5.32 Å². The molecule has 0 saturated carbocycles. The van der Waals surface area contributed by atoms with Crippen molar-refractivity contribution in [3.63, 3.8) is 0 Å². The Morgan fingerprint density at radius 1 is 1.36 bits per heavy atom. The fourth-order valence-corrected chi connectivity index (χ4v) is 2.39. The standard InChI is InChI=1S/C17H17FN4O3/c1-2-24-17(23)15-10-20-22(14-5-3-4-12(18)8-14)16(15)11-19-9-13-6-7-25-21-13/h3-8,10,19H,2,9,11H2,1H3. The van der Waals surface area contributed by atoms with Gasteiger partial charge in [-0.25, -0.2) is 13.9 Å². The van der Waals surface area contributed by atoms with E-state index < -0.39 is 5.97 Å². The number of esters is 1. The Kier molecular flexibility index (Phi) is 5.20. The lowest BCUT2D eigenvalue weighted by Crippen LogP contribution is -2.19. The van der Waals surface area contributed by atoms with Crippen LogP contribution in [0.2, 0.25) is 0 Å². The van der Waals surface area contributed by atoms with Gasteiger partial charge < -0.3 is 14.6 Å². The van der Waals surface area contributed by atoms with Gasteiger partial charge in [0, 0.05) is 19.2 Å². The third-order valence-electron chi connectivity index (χ3n) is 3.51. The average molecular weight is 344 g/mol. The molecule has 0 aliphatic heterocycles. The number of benzene rings is 1. The number of nitrogens with one attached hydrogen (secondary N) is 1. The Labute approximate surface area is 143 Å². The summed E-state index contributed by atoms with van der Waals surface area (Å²) >= 11 is 0. The van der Waals surface area contributed by atoms with E-state index in [1.807, 2.05) is 0 Å². The number of nitrogens with zero attached hydrogens (tertiary/aromatic N) is 3. The molecule has 3 rings (SSSR count). The van der Waals surface area contributed by atoms with Gasteiger partial charge in [-0.05, 0) is 25.1 Å². The quantitative estimate of drug-likeness (QED) is 0.663. The van der Waals surface area contributed by atoms with Gasteiger partial charge >= 0.3 is 5.97 Å². The number of carbonyl (C=O) groups is 1. The number of aromatic nitrogens is 3. The molecule has 0 bridgehead atoms. The van der Waals surface area contributed by atoms with E-state index >= 15 is 0 Å². The molecule has 130 valence electrons. The zero-order valence-electron chi connectivity index (χ0n) is 13.6. The summed E-state index contributed by atoms with van der Waals surface area (Å²) in [6.07, 6.45) is 2.91. The predicted octanol–water partition coefficient (Wildman–Crippen LogP) is 2.47. The molecule has 1 N–H and O–H groups in total. The molecule has 0 amide bonds. The topological polar surface area (TPSA) is 82.2 Å². The normalized spacial score (nSPS) is 10.8. The van der Waals surface area contributed by atoms with Crippen molar-refractivity contribution < 1.29 is 18.4 Å². The number of rotatable bonds is 7. The Morgan fingerprint density at radius 2 is 2.24 bits per heavy atom. The van der Waals surface area contributed by atoms with Gasteiger partial charge in [-0.3, -0.25) is 0 Å². The first-order valence-electron chi connectivity index (χ1n) is 7.79. The number of carbonyl (C=O) groups excluding carboxylic acids is 1. The second-order valence-electron chi connectivity index (χ2n) is 5.21. The molecule has 3 aromatic rings. The predicted molar refractivity (Wildman–Crippen MR) is 86.5 cm³/mol. The van der Waals surface area contributed by atoms with E-state index in [2.05, 4.69) is 15.6 Å². The number of ether oxygens (including phenoxy) is 1. The first-order chi connectivity index (χ1) is 12.2. The summed E-state index contributed by atoms with van der Waals surface area (Å²) in [5.41, 5.74) is 2.16. The number of hydrogen-bond acceptors (Lipinski definition) is 6. The van der Waals surface area contributed by atoms with Crippen LogP contribution in [0.15, 0.2) is 47.3 Å². The minimum Gasteiger partial charge on any atom is -0.462 e. The zero-order valence-corrected chi connectivity index (χ0v) is 13.6. The van der Waals surface area contributed by atoms with Crippen LogP contribution in [0.25, 0.3) is 5.69 Å². The van der Waals surface area contributed by atoms with E-state index in [-0.39, 0.29) is 12.4 Å². The molecule has 0 spiro atoms.